The van der Waals surface area contributed by atoms with Gasteiger partial charge in [-0.3, -0.25) is 0 Å². The average molecular weight is 257 g/mol. The molecule has 0 spiro atoms. The molecule has 1 heterocycles. The molecular formula is C9H6BrFN2O. The highest BCUT2D eigenvalue weighted by atomic mass is 79.9. The van der Waals surface area contributed by atoms with Crippen LogP contribution in [-0.4, -0.2) is 5.16 Å². The molecule has 14 heavy (non-hydrogen) atoms. The zero-order valence-electron chi connectivity index (χ0n) is 7.00. The van der Waals surface area contributed by atoms with E-state index in [1.807, 2.05) is 0 Å². The Morgan fingerprint density at radius 1 is 1.36 bits per heavy atom. The molecule has 0 aliphatic heterocycles. The number of aromatic nitrogens is 1. The van der Waals surface area contributed by atoms with Crippen LogP contribution in [-0.2, 0) is 0 Å². The summed E-state index contributed by atoms with van der Waals surface area (Å²) in [4.78, 5) is 0. The predicted molar refractivity (Wildman–Crippen MR) is 54.0 cm³/mol. The molecule has 0 saturated carbocycles. The van der Waals surface area contributed by atoms with Crippen LogP contribution >= 0.6 is 15.9 Å². The van der Waals surface area contributed by atoms with Crippen LogP contribution in [0.4, 0.5) is 10.3 Å². The standard InChI is InChI=1S/C9H6BrFN2O/c10-8-3-5(11)1-2-6(8)7-4-13-14-9(7)12/h1-4H,12H2. The van der Waals surface area contributed by atoms with E-state index in [-0.39, 0.29) is 11.7 Å². The van der Waals surface area contributed by atoms with Crippen molar-refractivity contribution in [3.8, 4) is 11.1 Å². The highest BCUT2D eigenvalue weighted by molar-refractivity contribution is 9.10. The molecule has 0 amide bonds. The first kappa shape index (κ1) is 9.21. The van der Waals surface area contributed by atoms with Gasteiger partial charge in [-0.2, -0.15) is 0 Å². The summed E-state index contributed by atoms with van der Waals surface area (Å²) < 4.78 is 18.1. The smallest absolute Gasteiger partial charge is 0.229 e. The summed E-state index contributed by atoms with van der Waals surface area (Å²) in [6.45, 7) is 0. The van der Waals surface area contributed by atoms with Crippen molar-refractivity contribution >= 4 is 21.8 Å². The van der Waals surface area contributed by atoms with Gasteiger partial charge < -0.3 is 10.3 Å². The Hall–Kier alpha value is -1.36. The van der Waals surface area contributed by atoms with E-state index in [1.54, 1.807) is 6.07 Å². The van der Waals surface area contributed by atoms with Gasteiger partial charge in [-0.25, -0.2) is 4.39 Å². The molecule has 0 unspecified atom stereocenters. The summed E-state index contributed by atoms with van der Waals surface area (Å²) >= 11 is 3.24. The van der Waals surface area contributed by atoms with E-state index in [4.69, 9.17) is 10.3 Å². The number of rotatable bonds is 1. The SMILES string of the molecule is Nc1oncc1-c1ccc(F)cc1Br. The van der Waals surface area contributed by atoms with Crippen LogP contribution in [0.5, 0.6) is 0 Å². The van der Waals surface area contributed by atoms with Gasteiger partial charge in [-0.05, 0) is 12.1 Å². The minimum atomic E-state index is -0.310. The number of nitrogen functional groups attached to an aromatic ring is 1. The highest BCUT2D eigenvalue weighted by Gasteiger charge is 2.10. The predicted octanol–water partition coefficient (Wildman–Crippen LogP) is 2.83. The number of nitrogens with zero attached hydrogens (tertiary/aromatic N) is 1. The van der Waals surface area contributed by atoms with E-state index in [0.717, 1.165) is 5.56 Å². The summed E-state index contributed by atoms with van der Waals surface area (Å²) in [5, 5.41) is 3.55. The van der Waals surface area contributed by atoms with Crippen molar-refractivity contribution in [3.63, 3.8) is 0 Å². The maximum absolute atomic E-state index is 12.8. The number of halogens is 2. The van der Waals surface area contributed by atoms with Crippen LogP contribution in [0.15, 0.2) is 33.4 Å². The lowest BCUT2D eigenvalue weighted by molar-refractivity contribution is 0.436. The number of benzene rings is 1. The molecule has 1 aromatic heterocycles. The zero-order chi connectivity index (χ0) is 10.1. The molecule has 72 valence electrons. The van der Waals surface area contributed by atoms with Crippen molar-refractivity contribution in [3.05, 3.63) is 34.7 Å². The van der Waals surface area contributed by atoms with Gasteiger partial charge in [0.05, 0.1) is 11.8 Å². The van der Waals surface area contributed by atoms with E-state index < -0.39 is 0 Å². The molecule has 2 rings (SSSR count). The Labute approximate surface area is 87.8 Å². The van der Waals surface area contributed by atoms with E-state index in [0.29, 0.717) is 10.0 Å². The van der Waals surface area contributed by atoms with Crippen molar-refractivity contribution in [1.29, 1.82) is 0 Å². The summed E-state index contributed by atoms with van der Waals surface area (Å²) in [5.74, 6) is -0.0899. The average Bonchev–Trinajstić information content (AvgIpc) is 2.52. The molecule has 0 aliphatic carbocycles. The number of hydrogen-bond donors (Lipinski definition) is 1. The van der Waals surface area contributed by atoms with Gasteiger partial charge in [0.1, 0.15) is 5.82 Å². The lowest BCUT2D eigenvalue weighted by atomic mass is 10.1. The molecule has 5 heteroatoms. The number of hydrogen-bond acceptors (Lipinski definition) is 3. The van der Waals surface area contributed by atoms with E-state index in [2.05, 4.69) is 21.1 Å². The van der Waals surface area contributed by atoms with Crippen LogP contribution in [0.3, 0.4) is 0 Å². The molecule has 2 aromatic rings. The Morgan fingerprint density at radius 3 is 2.71 bits per heavy atom. The zero-order valence-corrected chi connectivity index (χ0v) is 8.58. The molecule has 0 aliphatic rings. The van der Waals surface area contributed by atoms with Crippen molar-refractivity contribution < 1.29 is 8.91 Å². The van der Waals surface area contributed by atoms with Crippen LogP contribution in [0, 0.1) is 5.82 Å². The fourth-order valence-corrected chi connectivity index (χ4v) is 1.72. The van der Waals surface area contributed by atoms with Gasteiger partial charge in [-0.1, -0.05) is 27.2 Å². The molecule has 0 fully saturated rings. The molecule has 0 saturated heterocycles. The molecule has 0 radical (unpaired) electrons. The molecule has 3 nitrogen and oxygen atoms in total. The molecule has 1 aromatic carbocycles. The van der Waals surface area contributed by atoms with Gasteiger partial charge in [0, 0.05) is 10.0 Å². The summed E-state index contributed by atoms with van der Waals surface area (Å²) in [6.07, 6.45) is 1.49. The van der Waals surface area contributed by atoms with Crippen LogP contribution in [0.2, 0.25) is 0 Å². The fraction of sp³-hybridized carbons (Fsp3) is 0. The van der Waals surface area contributed by atoms with Gasteiger partial charge >= 0.3 is 0 Å². The second kappa shape index (κ2) is 3.42. The van der Waals surface area contributed by atoms with E-state index in [1.165, 1.54) is 18.3 Å². The Kier molecular flexibility index (Phi) is 2.25. The highest BCUT2D eigenvalue weighted by Crippen LogP contribution is 2.32. The van der Waals surface area contributed by atoms with E-state index >= 15 is 0 Å². The lowest BCUT2D eigenvalue weighted by Crippen LogP contribution is -1.86. The normalized spacial score (nSPS) is 10.4. The molecule has 0 bridgehead atoms. The van der Waals surface area contributed by atoms with Gasteiger partial charge in [0.15, 0.2) is 0 Å². The largest absolute Gasteiger partial charge is 0.367 e. The Balaban J connectivity index is 2.58. The Morgan fingerprint density at radius 2 is 2.14 bits per heavy atom. The van der Waals surface area contributed by atoms with E-state index in [9.17, 15) is 4.39 Å². The lowest BCUT2D eigenvalue weighted by Gasteiger charge is -2.01. The maximum atomic E-state index is 12.8. The van der Waals surface area contributed by atoms with Gasteiger partial charge in [-0.15, -0.1) is 0 Å². The van der Waals surface area contributed by atoms with Crippen LogP contribution in [0.1, 0.15) is 0 Å². The third-order valence-corrected chi connectivity index (χ3v) is 2.48. The summed E-state index contributed by atoms with van der Waals surface area (Å²) in [6, 6.07) is 4.33. The van der Waals surface area contributed by atoms with Crippen molar-refractivity contribution in [2.45, 2.75) is 0 Å². The quantitative estimate of drug-likeness (QED) is 0.854. The van der Waals surface area contributed by atoms with Crippen molar-refractivity contribution in [1.82, 2.24) is 5.16 Å². The molecule has 0 atom stereocenters. The minimum absolute atomic E-state index is 0.220. The van der Waals surface area contributed by atoms with Gasteiger partial charge in [0.2, 0.25) is 5.88 Å². The molecule has 2 N–H and O–H groups in total. The minimum Gasteiger partial charge on any atom is -0.367 e. The first-order chi connectivity index (χ1) is 6.68. The third kappa shape index (κ3) is 1.50. The van der Waals surface area contributed by atoms with Crippen molar-refractivity contribution in [2.75, 3.05) is 5.73 Å². The molecular weight excluding hydrogens is 251 g/mol. The Bertz CT molecular complexity index is 470. The second-order valence-corrected chi connectivity index (χ2v) is 3.58. The first-order valence-corrected chi connectivity index (χ1v) is 4.63. The van der Waals surface area contributed by atoms with Gasteiger partial charge in [0.25, 0.3) is 0 Å². The fourth-order valence-electron chi connectivity index (χ4n) is 1.16. The maximum Gasteiger partial charge on any atom is 0.229 e. The second-order valence-electron chi connectivity index (χ2n) is 2.73. The van der Waals surface area contributed by atoms with Crippen molar-refractivity contribution in [2.24, 2.45) is 0 Å². The third-order valence-electron chi connectivity index (χ3n) is 1.82. The summed E-state index contributed by atoms with van der Waals surface area (Å²) in [7, 11) is 0. The summed E-state index contributed by atoms with van der Waals surface area (Å²) in [5.41, 5.74) is 6.94. The number of anilines is 1. The number of nitrogens with two attached hydrogens (primary N) is 1. The monoisotopic (exact) mass is 256 g/mol. The first-order valence-electron chi connectivity index (χ1n) is 3.84. The van der Waals surface area contributed by atoms with Crippen LogP contribution in [0.25, 0.3) is 11.1 Å². The topological polar surface area (TPSA) is 52.0 Å². The van der Waals surface area contributed by atoms with Crippen LogP contribution < -0.4 is 5.73 Å².